The molecule has 3 aromatic rings. The molecule has 0 amide bonds. The van der Waals surface area contributed by atoms with Crippen molar-refractivity contribution in [3.05, 3.63) is 65.3 Å². The topological polar surface area (TPSA) is 76.7 Å². The van der Waals surface area contributed by atoms with Gasteiger partial charge in [-0.25, -0.2) is 9.97 Å². The minimum absolute atomic E-state index is 0.600. The Kier molecular flexibility index (Phi) is 4.09. The van der Waals surface area contributed by atoms with Gasteiger partial charge in [0, 0.05) is 18.1 Å². The monoisotopic (exact) mass is 295 g/mol. The van der Waals surface area contributed by atoms with Crippen LogP contribution >= 0.6 is 0 Å². The highest BCUT2D eigenvalue weighted by molar-refractivity contribution is 5.45. The molecule has 6 heteroatoms. The fourth-order valence-electron chi connectivity index (χ4n) is 2.02. The van der Waals surface area contributed by atoms with Crippen LogP contribution in [0, 0.1) is 13.8 Å². The molecular weight excluding hydrogens is 278 g/mol. The van der Waals surface area contributed by atoms with Crippen molar-refractivity contribution >= 4 is 5.69 Å². The smallest absolute Gasteiger partial charge is 0.231 e. The van der Waals surface area contributed by atoms with Gasteiger partial charge in [-0.15, -0.1) is 0 Å². The third kappa shape index (κ3) is 3.66. The number of nitrogens with zero attached hydrogens (tertiary/aromatic N) is 4. The van der Waals surface area contributed by atoms with E-state index in [1.54, 1.807) is 0 Å². The van der Waals surface area contributed by atoms with E-state index < -0.39 is 0 Å². The standard InChI is InChI=1S/C16H17N5O/c1-11-8-18-15(19-9-11)10-17-14-5-3-13(4-6-14)7-16-20-12(2)21-22-16/h3-6,8-9,17H,7,10H2,1-2H3. The van der Waals surface area contributed by atoms with Crippen LogP contribution in [-0.4, -0.2) is 20.1 Å². The molecule has 2 aromatic heterocycles. The molecule has 0 aliphatic heterocycles. The molecule has 0 bridgehead atoms. The summed E-state index contributed by atoms with van der Waals surface area (Å²) in [5.74, 6) is 2.06. The molecule has 2 heterocycles. The van der Waals surface area contributed by atoms with Crippen molar-refractivity contribution < 1.29 is 4.52 Å². The summed E-state index contributed by atoms with van der Waals surface area (Å²) in [4.78, 5) is 12.7. The fourth-order valence-corrected chi connectivity index (χ4v) is 2.02. The molecular formula is C16H17N5O. The minimum atomic E-state index is 0.600. The van der Waals surface area contributed by atoms with Gasteiger partial charge in [0.2, 0.25) is 5.89 Å². The Balaban J connectivity index is 1.58. The highest BCUT2D eigenvalue weighted by Crippen LogP contribution is 2.13. The molecule has 22 heavy (non-hydrogen) atoms. The van der Waals surface area contributed by atoms with Crippen molar-refractivity contribution in [2.75, 3.05) is 5.32 Å². The van der Waals surface area contributed by atoms with E-state index >= 15 is 0 Å². The first kappa shape index (κ1) is 14.2. The third-order valence-electron chi connectivity index (χ3n) is 3.16. The Labute approximate surface area is 128 Å². The quantitative estimate of drug-likeness (QED) is 0.780. The maximum atomic E-state index is 5.12. The largest absolute Gasteiger partial charge is 0.378 e. The third-order valence-corrected chi connectivity index (χ3v) is 3.16. The second kappa shape index (κ2) is 6.34. The predicted octanol–water partition coefficient (Wildman–Crippen LogP) is 2.68. The van der Waals surface area contributed by atoms with E-state index in [0.717, 1.165) is 22.6 Å². The number of rotatable bonds is 5. The fraction of sp³-hybridized carbons (Fsp3) is 0.250. The molecule has 1 aromatic carbocycles. The summed E-state index contributed by atoms with van der Waals surface area (Å²) >= 11 is 0. The zero-order valence-corrected chi connectivity index (χ0v) is 12.6. The lowest BCUT2D eigenvalue weighted by Gasteiger charge is -2.06. The molecule has 0 radical (unpaired) electrons. The van der Waals surface area contributed by atoms with Gasteiger partial charge in [-0.2, -0.15) is 4.98 Å². The van der Waals surface area contributed by atoms with E-state index in [2.05, 4.69) is 25.4 Å². The first-order chi connectivity index (χ1) is 10.7. The van der Waals surface area contributed by atoms with Crippen LogP contribution in [0.15, 0.2) is 41.2 Å². The molecule has 3 rings (SSSR count). The van der Waals surface area contributed by atoms with Gasteiger partial charge in [-0.05, 0) is 37.1 Å². The normalized spacial score (nSPS) is 10.6. The molecule has 6 nitrogen and oxygen atoms in total. The second-order valence-corrected chi connectivity index (χ2v) is 5.14. The van der Waals surface area contributed by atoms with Crippen LogP contribution in [0.25, 0.3) is 0 Å². The van der Waals surface area contributed by atoms with Crippen LogP contribution < -0.4 is 5.32 Å². The van der Waals surface area contributed by atoms with Crippen LogP contribution in [0.2, 0.25) is 0 Å². The zero-order valence-electron chi connectivity index (χ0n) is 12.6. The van der Waals surface area contributed by atoms with Gasteiger partial charge in [0.1, 0.15) is 5.82 Å². The summed E-state index contributed by atoms with van der Waals surface area (Å²) in [5, 5.41) is 7.09. The van der Waals surface area contributed by atoms with Crippen LogP contribution in [0.1, 0.15) is 28.7 Å². The lowest BCUT2D eigenvalue weighted by Crippen LogP contribution is -2.04. The van der Waals surface area contributed by atoms with Crippen molar-refractivity contribution in [1.82, 2.24) is 20.1 Å². The van der Waals surface area contributed by atoms with Crippen molar-refractivity contribution in [3.8, 4) is 0 Å². The Morgan fingerprint density at radius 1 is 1.05 bits per heavy atom. The Morgan fingerprint density at radius 2 is 1.77 bits per heavy atom. The van der Waals surface area contributed by atoms with Gasteiger partial charge in [0.25, 0.3) is 0 Å². The Bertz CT molecular complexity index is 734. The van der Waals surface area contributed by atoms with Crippen molar-refractivity contribution in [2.45, 2.75) is 26.8 Å². The maximum Gasteiger partial charge on any atom is 0.231 e. The number of nitrogens with one attached hydrogen (secondary N) is 1. The van der Waals surface area contributed by atoms with Gasteiger partial charge in [0.15, 0.2) is 5.82 Å². The molecule has 0 aliphatic carbocycles. The van der Waals surface area contributed by atoms with Crippen molar-refractivity contribution in [1.29, 1.82) is 0 Å². The van der Waals surface area contributed by atoms with Crippen LogP contribution in [0.4, 0.5) is 5.69 Å². The molecule has 0 aliphatic rings. The van der Waals surface area contributed by atoms with Crippen LogP contribution in [0.5, 0.6) is 0 Å². The predicted molar refractivity (Wildman–Crippen MR) is 82.4 cm³/mol. The molecule has 0 unspecified atom stereocenters. The molecule has 0 atom stereocenters. The summed E-state index contributed by atoms with van der Waals surface area (Å²) in [7, 11) is 0. The van der Waals surface area contributed by atoms with E-state index in [0.29, 0.717) is 24.7 Å². The van der Waals surface area contributed by atoms with Gasteiger partial charge >= 0.3 is 0 Å². The maximum absolute atomic E-state index is 5.12. The van der Waals surface area contributed by atoms with Crippen LogP contribution in [0.3, 0.4) is 0 Å². The summed E-state index contributed by atoms with van der Waals surface area (Å²) in [6, 6.07) is 8.12. The number of benzene rings is 1. The summed E-state index contributed by atoms with van der Waals surface area (Å²) in [6.45, 7) is 4.39. The SMILES string of the molecule is Cc1cnc(CNc2ccc(Cc3nc(C)no3)cc2)nc1. The van der Waals surface area contributed by atoms with Crippen molar-refractivity contribution in [2.24, 2.45) is 0 Å². The molecule has 0 saturated carbocycles. The lowest BCUT2D eigenvalue weighted by atomic mass is 10.1. The number of anilines is 1. The van der Waals surface area contributed by atoms with E-state index in [4.69, 9.17) is 4.52 Å². The van der Waals surface area contributed by atoms with E-state index in [1.807, 2.05) is 50.5 Å². The van der Waals surface area contributed by atoms with E-state index in [1.165, 1.54) is 0 Å². The minimum Gasteiger partial charge on any atom is -0.378 e. The molecule has 112 valence electrons. The summed E-state index contributed by atoms with van der Waals surface area (Å²) < 4.78 is 5.12. The average molecular weight is 295 g/mol. The van der Waals surface area contributed by atoms with Gasteiger partial charge < -0.3 is 9.84 Å². The molecule has 1 N–H and O–H groups in total. The summed E-state index contributed by atoms with van der Waals surface area (Å²) in [6.07, 6.45) is 4.28. The van der Waals surface area contributed by atoms with Crippen molar-refractivity contribution in [3.63, 3.8) is 0 Å². The molecule has 0 spiro atoms. The Morgan fingerprint density at radius 3 is 2.41 bits per heavy atom. The first-order valence-electron chi connectivity index (χ1n) is 7.08. The number of hydrogen-bond acceptors (Lipinski definition) is 6. The number of aryl methyl sites for hydroxylation is 2. The highest BCUT2D eigenvalue weighted by atomic mass is 16.5. The highest BCUT2D eigenvalue weighted by Gasteiger charge is 2.04. The lowest BCUT2D eigenvalue weighted by molar-refractivity contribution is 0.381. The van der Waals surface area contributed by atoms with Gasteiger partial charge in [0.05, 0.1) is 13.0 Å². The average Bonchev–Trinajstić information content (AvgIpc) is 2.93. The second-order valence-electron chi connectivity index (χ2n) is 5.14. The van der Waals surface area contributed by atoms with E-state index in [9.17, 15) is 0 Å². The number of hydrogen-bond donors (Lipinski definition) is 1. The summed E-state index contributed by atoms with van der Waals surface area (Å²) in [5.41, 5.74) is 3.21. The number of aromatic nitrogens is 4. The molecule has 0 saturated heterocycles. The zero-order chi connectivity index (χ0) is 15.4. The van der Waals surface area contributed by atoms with E-state index in [-0.39, 0.29) is 0 Å². The Hall–Kier alpha value is -2.76. The first-order valence-corrected chi connectivity index (χ1v) is 7.08. The van der Waals surface area contributed by atoms with Gasteiger partial charge in [-0.3, -0.25) is 0 Å². The molecule has 0 fully saturated rings. The van der Waals surface area contributed by atoms with Crippen LogP contribution in [-0.2, 0) is 13.0 Å². The van der Waals surface area contributed by atoms with Gasteiger partial charge in [-0.1, -0.05) is 17.3 Å².